The Hall–Kier alpha value is -2.53. The van der Waals surface area contributed by atoms with Gasteiger partial charge >= 0.3 is 5.69 Å². The minimum absolute atomic E-state index is 0.0156. The number of aromatic nitrogens is 2. The van der Waals surface area contributed by atoms with Gasteiger partial charge in [-0.25, -0.2) is 4.79 Å². The molecule has 1 atom stereocenters. The fraction of sp³-hybridized carbons (Fsp3) is 0.409. The average Bonchev–Trinajstić information content (AvgIpc) is 3.04. The molecule has 1 fully saturated rings. The first kappa shape index (κ1) is 16.6. The molecule has 1 saturated heterocycles. The van der Waals surface area contributed by atoms with Crippen LogP contribution in [0.5, 0.6) is 5.75 Å². The Balaban J connectivity index is 1.23. The summed E-state index contributed by atoms with van der Waals surface area (Å²) in [6.07, 6.45) is 4.46. The molecule has 5 heteroatoms. The fourth-order valence-corrected chi connectivity index (χ4v) is 4.59. The van der Waals surface area contributed by atoms with Crippen molar-refractivity contribution in [3.05, 3.63) is 64.6 Å². The van der Waals surface area contributed by atoms with E-state index in [-0.39, 0.29) is 17.8 Å². The van der Waals surface area contributed by atoms with Crippen LogP contribution in [0.1, 0.15) is 30.9 Å². The number of likely N-dealkylation sites (tertiary alicyclic amines) is 1. The van der Waals surface area contributed by atoms with Gasteiger partial charge in [0.25, 0.3) is 0 Å². The van der Waals surface area contributed by atoms with Gasteiger partial charge in [-0.05, 0) is 49.4 Å². The zero-order valence-corrected chi connectivity index (χ0v) is 15.4. The van der Waals surface area contributed by atoms with Crippen LogP contribution in [0, 0.1) is 0 Å². The number of rotatable bonds is 3. The predicted octanol–water partition coefficient (Wildman–Crippen LogP) is 3.36. The number of nitrogens with one attached hydrogen (secondary N) is 1. The quantitative estimate of drug-likeness (QED) is 0.776. The molecule has 0 radical (unpaired) electrons. The number of fused-ring (bicyclic) bond motifs is 2. The third-order valence-electron chi connectivity index (χ3n) is 6.01. The number of H-pyrrole nitrogens is 1. The molecule has 0 aliphatic carbocycles. The first-order valence-electron chi connectivity index (χ1n) is 9.94. The number of aryl methyl sites for hydroxylation is 1. The van der Waals surface area contributed by atoms with Crippen molar-refractivity contribution in [2.24, 2.45) is 0 Å². The highest BCUT2D eigenvalue weighted by Crippen LogP contribution is 2.29. The van der Waals surface area contributed by atoms with Crippen molar-refractivity contribution >= 4 is 11.0 Å². The van der Waals surface area contributed by atoms with Crippen LogP contribution in [0.15, 0.2) is 53.3 Å². The van der Waals surface area contributed by atoms with Crippen LogP contribution in [0.4, 0.5) is 0 Å². The largest absolute Gasteiger partial charge is 0.489 e. The highest BCUT2D eigenvalue weighted by Gasteiger charge is 2.27. The maximum atomic E-state index is 12.4. The lowest BCUT2D eigenvalue weighted by molar-refractivity contribution is 0.0926. The second kappa shape index (κ2) is 6.89. The molecule has 3 aromatic rings. The monoisotopic (exact) mass is 363 g/mol. The number of aromatic amines is 1. The summed E-state index contributed by atoms with van der Waals surface area (Å²) in [5.74, 6) is 1.05. The molecule has 0 amide bonds. The van der Waals surface area contributed by atoms with Gasteiger partial charge in [-0.2, -0.15) is 0 Å². The van der Waals surface area contributed by atoms with E-state index in [4.69, 9.17) is 4.74 Å². The summed E-state index contributed by atoms with van der Waals surface area (Å²) < 4.78 is 8.17. The molecule has 1 N–H and O–H groups in total. The number of piperidine rings is 1. The molecule has 140 valence electrons. The number of hydrogen-bond acceptors (Lipinski definition) is 3. The Labute approximate surface area is 158 Å². The highest BCUT2D eigenvalue weighted by atomic mass is 16.5. The molecule has 5 rings (SSSR count). The van der Waals surface area contributed by atoms with Gasteiger partial charge < -0.3 is 9.72 Å². The Bertz CT molecular complexity index is 998. The van der Waals surface area contributed by atoms with Crippen molar-refractivity contribution < 1.29 is 4.74 Å². The molecule has 5 nitrogen and oxygen atoms in total. The third-order valence-corrected chi connectivity index (χ3v) is 6.01. The molecule has 0 saturated carbocycles. The molecular formula is C22H25N3O2. The van der Waals surface area contributed by atoms with Gasteiger partial charge in [-0.15, -0.1) is 0 Å². The van der Waals surface area contributed by atoms with Crippen molar-refractivity contribution in [2.45, 2.75) is 37.8 Å². The van der Waals surface area contributed by atoms with E-state index in [0.717, 1.165) is 62.1 Å². The van der Waals surface area contributed by atoms with Crippen LogP contribution in [0.25, 0.3) is 11.0 Å². The summed E-state index contributed by atoms with van der Waals surface area (Å²) in [4.78, 5) is 17.9. The van der Waals surface area contributed by atoms with E-state index >= 15 is 0 Å². The summed E-state index contributed by atoms with van der Waals surface area (Å²) in [5, 5.41) is 0. The van der Waals surface area contributed by atoms with Gasteiger partial charge in [0.15, 0.2) is 0 Å². The number of benzene rings is 2. The van der Waals surface area contributed by atoms with Crippen LogP contribution in [-0.2, 0) is 6.42 Å². The smallest absolute Gasteiger partial charge is 0.326 e. The van der Waals surface area contributed by atoms with E-state index in [1.54, 1.807) is 0 Å². The second-order valence-corrected chi connectivity index (χ2v) is 7.74. The summed E-state index contributed by atoms with van der Waals surface area (Å²) >= 11 is 0. The van der Waals surface area contributed by atoms with Gasteiger partial charge in [-0.3, -0.25) is 9.47 Å². The number of hydrogen-bond donors (Lipinski definition) is 1. The zero-order valence-electron chi connectivity index (χ0n) is 15.4. The molecule has 0 bridgehead atoms. The normalized spacial score (nSPS) is 21.1. The molecular weight excluding hydrogens is 338 g/mol. The zero-order chi connectivity index (χ0) is 18.2. The van der Waals surface area contributed by atoms with E-state index in [1.807, 2.05) is 34.9 Å². The van der Waals surface area contributed by atoms with E-state index in [1.165, 1.54) is 5.56 Å². The van der Waals surface area contributed by atoms with Crippen LogP contribution >= 0.6 is 0 Å². The fourth-order valence-electron chi connectivity index (χ4n) is 4.59. The van der Waals surface area contributed by atoms with Gasteiger partial charge in [0.1, 0.15) is 11.9 Å². The maximum Gasteiger partial charge on any atom is 0.326 e. The van der Waals surface area contributed by atoms with Gasteiger partial charge in [0.05, 0.1) is 11.0 Å². The minimum Gasteiger partial charge on any atom is -0.489 e. The highest BCUT2D eigenvalue weighted by molar-refractivity contribution is 5.75. The maximum absolute atomic E-state index is 12.4. The summed E-state index contributed by atoms with van der Waals surface area (Å²) in [6.45, 7) is 3.00. The second-order valence-electron chi connectivity index (χ2n) is 7.74. The average molecular weight is 363 g/mol. The van der Waals surface area contributed by atoms with E-state index in [9.17, 15) is 4.79 Å². The minimum atomic E-state index is 0.0156. The van der Waals surface area contributed by atoms with Crippen LogP contribution in [0.3, 0.4) is 0 Å². The molecule has 1 aromatic heterocycles. The van der Waals surface area contributed by atoms with Crippen molar-refractivity contribution in [1.82, 2.24) is 14.5 Å². The van der Waals surface area contributed by atoms with Crippen molar-refractivity contribution in [1.29, 1.82) is 0 Å². The third kappa shape index (κ3) is 3.16. The van der Waals surface area contributed by atoms with Gasteiger partial charge in [0.2, 0.25) is 0 Å². The van der Waals surface area contributed by atoms with Crippen LogP contribution in [0.2, 0.25) is 0 Å². The molecule has 1 unspecified atom stereocenters. The summed E-state index contributed by atoms with van der Waals surface area (Å²) in [5.41, 5.74) is 3.29. The molecule has 2 aliphatic rings. The molecule has 2 aromatic carbocycles. The summed E-state index contributed by atoms with van der Waals surface area (Å²) in [6, 6.07) is 16.6. The summed E-state index contributed by atoms with van der Waals surface area (Å²) in [7, 11) is 0. The van der Waals surface area contributed by atoms with Crippen molar-refractivity contribution in [3.8, 4) is 5.75 Å². The Morgan fingerprint density at radius 2 is 1.78 bits per heavy atom. The number of nitrogens with zero attached hydrogens (tertiary/aromatic N) is 2. The Kier molecular flexibility index (Phi) is 4.24. The van der Waals surface area contributed by atoms with Crippen molar-refractivity contribution in [2.75, 3.05) is 19.6 Å². The predicted molar refractivity (Wildman–Crippen MR) is 106 cm³/mol. The molecule has 2 aliphatic heterocycles. The standard InChI is InChI=1S/C22H25N3O2/c26-22-23-19-6-2-3-7-20(19)25(22)17-11-13-24(14-12-17)15-18-10-9-16-5-1-4-8-21(16)27-18/h1-8,17-18H,9-15H2,(H,23,26). The molecule has 3 heterocycles. The Morgan fingerprint density at radius 1 is 1.00 bits per heavy atom. The lowest BCUT2D eigenvalue weighted by atomic mass is 10.00. The van der Waals surface area contributed by atoms with Crippen molar-refractivity contribution in [3.63, 3.8) is 0 Å². The van der Waals surface area contributed by atoms with Crippen LogP contribution in [-0.4, -0.2) is 40.2 Å². The molecule has 0 spiro atoms. The number of para-hydroxylation sites is 3. The Morgan fingerprint density at radius 3 is 2.67 bits per heavy atom. The lowest BCUT2D eigenvalue weighted by Gasteiger charge is -2.36. The molecule has 27 heavy (non-hydrogen) atoms. The number of ether oxygens (including phenoxy) is 1. The topological polar surface area (TPSA) is 50.3 Å². The van der Waals surface area contributed by atoms with Crippen LogP contribution < -0.4 is 10.4 Å². The SMILES string of the molecule is O=c1[nH]c2ccccc2n1C1CCN(CC2CCc3ccccc3O2)CC1. The van der Waals surface area contributed by atoms with Gasteiger partial charge in [-0.1, -0.05) is 30.3 Å². The lowest BCUT2D eigenvalue weighted by Crippen LogP contribution is -2.43. The number of imidazole rings is 1. The van der Waals surface area contributed by atoms with Gasteiger partial charge in [0, 0.05) is 25.7 Å². The first-order chi connectivity index (χ1) is 13.3. The van der Waals surface area contributed by atoms with E-state index < -0.39 is 0 Å². The van der Waals surface area contributed by atoms with E-state index in [0.29, 0.717) is 0 Å². The van der Waals surface area contributed by atoms with E-state index in [2.05, 4.69) is 28.1 Å². The first-order valence-corrected chi connectivity index (χ1v) is 9.94.